The Morgan fingerprint density at radius 1 is 0.667 bits per heavy atom. The third kappa shape index (κ3) is 2.85. The molecule has 2 aromatic rings. The highest BCUT2D eigenvalue weighted by molar-refractivity contribution is 9.09. The molecule has 0 N–H and O–H groups in total. The molecule has 0 fully saturated rings. The standard InChI is InChI=1S/C12H6Br2F4/c13-11(15,16)9-3-1-7-5-10(12(14,17)18)4-2-8(7)6-9/h1-6H. The molecule has 18 heavy (non-hydrogen) atoms. The summed E-state index contributed by atoms with van der Waals surface area (Å²) in [6.07, 6.45) is 0. The van der Waals surface area contributed by atoms with Crippen LogP contribution in [0.1, 0.15) is 11.1 Å². The Balaban J connectivity index is 2.56. The number of rotatable bonds is 2. The fourth-order valence-electron chi connectivity index (χ4n) is 1.60. The third-order valence-electron chi connectivity index (χ3n) is 2.49. The molecule has 0 unspecified atom stereocenters. The molecule has 2 rings (SSSR count). The van der Waals surface area contributed by atoms with E-state index in [4.69, 9.17) is 0 Å². The molecule has 0 aromatic heterocycles. The highest BCUT2D eigenvalue weighted by Crippen LogP contribution is 2.38. The maximum Gasteiger partial charge on any atom is 0.326 e. The van der Waals surface area contributed by atoms with Crippen LogP contribution < -0.4 is 0 Å². The second-order valence-electron chi connectivity index (χ2n) is 3.77. The van der Waals surface area contributed by atoms with E-state index in [2.05, 4.69) is 31.9 Å². The largest absolute Gasteiger partial charge is 0.326 e. The van der Waals surface area contributed by atoms with Gasteiger partial charge in [-0.1, -0.05) is 24.3 Å². The first kappa shape index (κ1) is 13.8. The highest BCUT2D eigenvalue weighted by atomic mass is 79.9. The van der Waals surface area contributed by atoms with Crippen LogP contribution in [-0.2, 0) is 9.66 Å². The van der Waals surface area contributed by atoms with E-state index in [9.17, 15) is 17.6 Å². The van der Waals surface area contributed by atoms with Gasteiger partial charge in [-0.25, -0.2) is 0 Å². The van der Waals surface area contributed by atoms with Crippen LogP contribution in [0.4, 0.5) is 17.6 Å². The summed E-state index contributed by atoms with van der Waals surface area (Å²) in [6.45, 7) is 0. The summed E-state index contributed by atoms with van der Waals surface area (Å²) in [5, 5.41) is 0.958. The zero-order chi connectivity index (χ0) is 13.6. The Bertz CT molecular complexity index is 531. The van der Waals surface area contributed by atoms with Crippen molar-refractivity contribution in [1.29, 1.82) is 0 Å². The third-order valence-corrected chi connectivity index (χ3v) is 3.41. The van der Waals surface area contributed by atoms with Crippen LogP contribution in [-0.4, -0.2) is 0 Å². The Kier molecular flexibility index (Phi) is 3.44. The minimum Gasteiger partial charge on any atom is -0.188 e. The first-order valence-electron chi connectivity index (χ1n) is 4.86. The van der Waals surface area contributed by atoms with E-state index in [-0.39, 0.29) is 11.1 Å². The van der Waals surface area contributed by atoms with Crippen molar-refractivity contribution in [3.63, 3.8) is 0 Å². The molecule has 0 atom stereocenters. The van der Waals surface area contributed by atoms with Crippen LogP contribution in [0.25, 0.3) is 10.8 Å². The lowest BCUT2D eigenvalue weighted by atomic mass is 10.0. The fraction of sp³-hybridized carbons (Fsp3) is 0.167. The Morgan fingerprint density at radius 2 is 1.00 bits per heavy atom. The number of fused-ring (bicyclic) bond motifs is 1. The molecule has 0 spiro atoms. The molecule has 2 aromatic carbocycles. The van der Waals surface area contributed by atoms with Crippen LogP contribution in [0.15, 0.2) is 36.4 Å². The van der Waals surface area contributed by atoms with E-state index in [1.54, 1.807) is 0 Å². The number of halogens is 6. The molecule has 96 valence electrons. The number of hydrogen-bond acceptors (Lipinski definition) is 0. The molecule has 0 aliphatic rings. The second kappa shape index (κ2) is 4.49. The molecule has 0 amide bonds. The van der Waals surface area contributed by atoms with Gasteiger partial charge in [-0.2, -0.15) is 17.6 Å². The van der Waals surface area contributed by atoms with Gasteiger partial charge < -0.3 is 0 Å². The summed E-state index contributed by atoms with van der Waals surface area (Å²) >= 11 is 4.52. The van der Waals surface area contributed by atoms with Gasteiger partial charge in [-0.05, 0) is 54.8 Å². The van der Waals surface area contributed by atoms with Gasteiger partial charge in [0.05, 0.1) is 0 Å². The molecule has 0 aliphatic heterocycles. The van der Waals surface area contributed by atoms with E-state index in [1.807, 2.05) is 0 Å². The van der Waals surface area contributed by atoms with Gasteiger partial charge in [0, 0.05) is 11.1 Å². The van der Waals surface area contributed by atoms with Gasteiger partial charge in [-0.15, -0.1) is 0 Å². The summed E-state index contributed by atoms with van der Waals surface area (Å²) in [4.78, 5) is -6.25. The lowest BCUT2D eigenvalue weighted by Crippen LogP contribution is -2.03. The molecular weight excluding hydrogens is 380 g/mol. The number of benzene rings is 2. The van der Waals surface area contributed by atoms with Crippen molar-refractivity contribution >= 4 is 42.6 Å². The second-order valence-corrected chi connectivity index (χ2v) is 5.76. The minimum atomic E-state index is -3.13. The summed E-state index contributed by atoms with van der Waals surface area (Å²) in [6, 6.07) is 7.71. The Hall–Kier alpha value is -0.620. The summed E-state index contributed by atoms with van der Waals surface area (Å²) in [7, 11) is 0. The first-order valence-corrected chi connectivity index (χ1v) is 6.45. The van der Waals surface area contributed by atoms with E-state index < -0.39 is 9.66 Å². The molecule has 0 heterocycles. The van der Waals surface area contributed by atoms with Crippen molar-refractivity contribution in [2.45, 2.75) is 9.66 Å². The van der Waals surface area contributed by atoms with Crippen molar-refractivity contribution in [3.8, 4) is 0 Å². The monoisotopic (exact) mass is 384 g/mol. The minimum absolute atomic E-state index is 0.214. The van der Waals surface area contributed by atoms with Gasteiger partial charge in [0.15, 0.2) is 0 Å². The van der Waals surface area contributed by atoms with Crippen LogP contribution in [0.5, 0.6) is 0 Å². The van der Waals surface area contributed by atoms with E-state index in [0.717, 1.165) is 0 Å². The highest BCUT2D eigenvalue weighted by Gasteiger charge is 2.28. The zero-order valence-corrected chi connectivity index (χ0v) is 11.9. The zero-order valence-electron chi connectivity index (χ0n) is 8.73. The van der Waals surface area contributed by atoms with Gasteiger partial charge in [-0.3, -0.25) is 0 Å². The van der Waals surface area contributed by atoms with Gasteiger partial charge in [0.25, 0.3) is 0 Å². The molecule has 0 bridgehead atoms. The van der Waals surface area contributed by atoms with Crippen molar-refractivity contribution in [2.75, 3.05) is 0 Å². The molecule has 6 heteroatoms. The summed E-state index contributed by atoms with van der Waals surface area (Å²) < 4.78 is 52.2. The molecular formula is C12H6Br2F4. The molecule has 0 nitrogen and oxygen atoms in total. The smallest absolute Gasteiger partial charge is 0.188 e. The van der Waals surface area contributed by atoms with Crippen LogP contribution in [0.2, 0.25) is 0 Å². The average Bonchev–Trinajstić information content (AvgIpc) is 2.25. The number of alkyl halides is 6. The maximum absolute atomic E-state index is 13.0. The quantitative estimate of drug-likeness (QED) is 0.457. The lowest BCUT2D eigenvalue weighted by Gasteiger charge is -2.12. The number of hydrogen-bond donors (Lipinski definition) is 0. The Morgan fingerprint density at radius 3 is 1.28 bits per heavy atom. The average molecular weight is 386 g/mol. The van der Waals surface area contributed by atoms with Gasteiger partial charge in [0.2, 0.25) is 0 Å². The molecule has 0 saturated carbocycles. The SMILES string of the molecule is FC(F)(Br)c1ccc2cc(C(F)(F)Br)ccc2c1. The van der Waals surface area contributed by atoms with Gasteiger partial charge >= 0.3 is 9.66 Å². The van der Waals surface area contributed by atoms with E-state index in [1.165, 1.54) is 36.4 Å². The van der Waals surface area contributed by atoms with Crippen molar-refractivity contribution in [3.05, 3.63) is 47.5 Å². The van der Waals surface area contributed by atoms with Crippen molar-refractivity contribution in [2.24, 2.45) is 0 Å². The maximum atomic E-state index is 13.0. The van der Waals surface area contributed by atoms with Crippen molar-refractivity contribution < 1.29 is 17.6 Å². The fourth-order valence-corrected chi connectivity index (χ4v) is 2.09. The van der Waals surface area contributed by atoms with Gasteiger partial charge in [0.1, 0.15) is 0 Å². The van der Waals surface area contributed by atoms with E-state index in [0.29, 0.717) is 10.8 Å². The lowest BCUT2D eigenvalue weighted by molar-refractivity contribution is 0.114. The predicted molar refractivity (Wildman–Crippen MR) is 69.6 cm³/mol. The molecule has 0 radical (unpaired) electrons. The summed E-state index contributed by atoms with van der Waals surface area (Å²) in [5.74, 6) is 0. The van der Waals surface area contributed by atoms with Crippen LogP contribution in [0, 0.1) is 0 Å². The summed E-state index contributed by atoms with van der Waals surface area (Å²) in [5.41, 5.74) is -0.429. The normalized spacial score (nSPS) is 13.0. The predicted octanol–water partition coefficient (Wildman–Crippen LogP) is 5.73. The molecule has 0 aliphatic carbocycles. The molecule has 0 saturated heterocycles. The first-order chi connectivity index (χ1) is 8.18. The van der Waals surface area contributed by atoms with E-state index >= 15 is 0 Å². The topological polar surface area (TPSA) is 0 Å². The Labute approximate surface area is 117 Å². The van der Waals surface area contributed by atoms with Crippen LogP contribution in [0.3, 0.4) is 0 Å². The van der Waals surface area contributed by atoms with Crippen molar-refractivity contribution in [1.82, 2.24) is 0 Å². The van der Waals surface area contributed by atoms with Crippen LogP contribution >= 0.6 is 31.9 Å².